The lowest BCUT2D eigenvalue weighted by Gasteiger charge is -2.33. The van der Waals surface area contributed by atoms with E-state index in [1.54, 1.807) is 24.3 Å². The number of carbonyl (C=O) groups is 2. The Morgan fingerprint density at radius 2 is 1.35 bits per heavy atom. The number of carbonyl (C=O) groups excluding carboxylic acids is 2. The molecule has 0 bridgehead atoms. The van der Waals surface area contributed by atoms with Gasteiger partial charge in [-0.1, -0.05) is 72.8 Å². The molecule has 4 aromatic rings. The van der Waals surface area contributed by atoms with Gasteiger partial charge in [0.25, 0.3) is 10.0 Å². The van der Waals surface area contributed by atoms with Crippen molar-refractivity contribution in [1.82, 2.24) is 10.2 Å². The molecule has 1 N–H and O–H groups in total. The van der Waals surface area contributed by atoms with E-state index < -0.39 is 28.5 Å². The minimum absolute atomic E-state index is 0.0336. The molecule has 10 heteroatoms. The monoisotopic (exact) mass is 601 g/mol. The maximum atomic E-state index is 14.3. The predicted octanol–water partition coefficient (Wildman–Crippen LogP) is 4.29. The van der Waals surface area contributed by atoms with Gasteiger partial charge in [0.2, 0.25) is 11.8 Å². The highest BCUT2D eigenvalue weighted by Crippen LogP contribution is 2.33. The maximum absolute atomic E-state index is 14.3. The normalized spacial score (nSPS) is 11.7. The maximum Gasteiger partial charge on any atom is 0.264 e. The Morgan fingerprint density at radius 1 is 0.767 bits per heavy atom. The van der Waals surface area contributed by atoms with E-state index in [0.717, 1.165) is 15.4 Å². The third kappa shape index (κ3) is 7.52. The summed E-state index contributed by atoms with van der Waals surface area (Å²) in [5.74, 6) is -0.164. The van der Waals surface area contributed by atoms with Gasteiger partial charge in [-0.15, -0.1) is 0 Å². The highest BCUT2D eigenvalue weighted by atomic mass is 32.2. The van der Waals surface area contributed by atoms with Crippen LogP contribution in [-0.2, 0) is 32.6 Å². The first-order valence-corrected chi connectivity index (χ1v) is 15.1. The zero-order chi connectivity index (χ0) is 30.8. The van der Waals surface area contributed by atoms with Crippen LogP contribution in [0.1, 0.15) is 11.1 Å². The molecule has 2 amide bonds. The Morgan fingerprint density at radius 3 is 1.93 bits per heavy atom. The molecule has 0 fully saturated rings. The Bertz CT molecular complexity index is 1610. The van der Waals surface area contributed by atoms with Gasteiger partial charge in [0.15, 0.2) is 0 Å². The summed E-state index contributed by atoms with van der Waals surface area (Å²) in [6.45, 7) is -0.489. The summed E-state index contributed by atoms with van der Waals surface area (Å²) in [5, 5.41) is 2.68. The van der Waals surface area contributed by atoms with Gasteiger partial charge in [0.05, 0.1) is 24.8 Å². The van der Waals surface area contributed by atoms with Crippen LogP contribution < -0.4 is 19.1 Å². The van der Waals surface area contributed by atoms with Gasteiger partial charge in [-0.25, -0.2) is 8.42 Å². The first-order chi connectivity index (χ1) is 20.8. The van der Waals surface area contributed by atoms with Crippen LogP contribution in [0.5, 0.6) is 11.5 Å². The highest BCUT2D eigenvalue weighted by Gasteiger charge is 2.35. The van der Waals surface area contributed by atoms with E-state index in [0.29, 0.717) is 5.75 Å². The van der Waals surface area contributed by atoms with E-state index in [1.807, 2.05) is 60.7 Å². The molecule has 224 valence electrons. The minimum Gasteiger partial charge on any atom is -0.497 e. The summed E-state index contributed by atoms with van der Waals surface area (Å²) in [6, 6.07) is 30.2. The van der Waals surface area contributed by atoms with Gasteiger partial charge >= 0.3 is 0 Å². The van der Waals surface area contributed by atoms with Gasteiger partial charge in [0.1, 0.15) is 24.1 Å². The lowest BCUT2D eigenvalue weighted by atomic mass is 10.0. The van der Waals surface area contributed by atoms with Crippen LogP contribution in [0.3, 0.4) is 0 Å². The summed E-state index contributed by atoms with van der Waals surface area (Å²) in [4.78, 5) is 29.1. The van der Waals surface area contributed by atoms with Gasteiger partial charge in [0, 0.05) is 20.0 Å². The van der Waals surface area contributed by atoms with Crippen molar-refractivity contribution in [1.29, 1.82) is 0 Å². The third-order valence-corrected chi connectivity index (χ3v) is 8.77. The van der Waals surface area contributed by atoms with E-state index in [9.17, 15) is 18.0 Å². The molecule has 0 aliphatic rings. The van der Waals surface area contributed by atoms with Crippen molar-refractivity contribution < 1.29 is 27.5 Å². The molecule has 1 unspecified atom stereocenters. The Kier molecular flexibility index (Phi) is 10.4. The summed E-state index contributed by atoms with van der Waals surface area (Å²) in [6.07, 6.45) is 0.235. The number of ether oxygens (including phenoxy) is 2. The first kappa shape index (κ1) is 31.1. The molecule has 9 nitrogen and oxygen atoms in total. The average molecular weight is 602 g/mol. The fourth-order valence-corrected chi connectivity index (χ4v) is 6.15. The number of hydrogen-bond donors (Lipinski definition) is 1. The Balaban J connectivity index is 1.80. The van der Waals surface area contributed by atoms with E-state index in [-0.39, 0.29) is 35.2 Å². The summed E-state index contributed by atoms with van der Waals surface area (Å²) in [5.41, 5.74) is 1.84. The SMILES string of the molecule is CNC(=O)C(Cc1ccccc1)N(Cc1ccccc1)C(=O)CN(c1ccccc1OC)S(=O)(=O)c1ccc(OC)cc1. The quantitative estimate of drug-likeness (QED) is 0.245. The second-order valence-corrected chi connectivity index (χ2v) is 11.5. The van der Waals surface area contributed by atoms with Gasteiger partial charge in [-0.05, 0) is 47.5 Å². The molecule has 0 heterocycles. The summed E-state index contributed by atoms with van der Waals surface area (Å²) in [7, 11) is 0.162. The fraction of sp³-hybridized carbons (Fsp3) is 0.212. The molecule has 0 spiro atoms. The fourth-order valence-electron chi connectivity index (χ4n) is 4.72. The van der Waals surface area contributed by atoms with Crippen molar-refractivity contribution in [2.75, 3.05) is 32.1 Å². The van der Waals surface area contributed by atoms with E-state index in [4.69, 9.17) is 9.47 Å². The first-order valence-electron chi connectivity index (χ1n) is 13.7. The summed E-state index contributed by atoms with van der Waals surface area (Å²) < 4.78 is 40.0. The number of benzene rings is 4. The Labute approximate surface area is 252 Å². The van der Waals surface area contributed by atoms with Crippen LogP contribution >= 0.6 is 0 Å². The molecule has 0 aliphatic heterocycles. The lowest BCUT2D eigenvalue weighted by molar-refractivity contribution is -0.139. The number of rotatable bonds is 13. The van der Waals surface area contributed by atoms with Crippen LogP contribution in [0.2, 0.25) is 0 Å². The van der Waals surface area contributed by atoms with Crippen molar-refractivity contribution in [3.8, 4) is 11.5 Å². The number of sulfonamides is 1. The van der Waals surface area contributed by atoms with E-state index >= 15 is 0 Å². The van der Waals surface area contributed by atoms with Gasteiger partial charge in [-0.2, -0.15) is 0 Å². The van der Waals surface area contributed by atoms with Crippen LogP contribution in [0, 0.1) is 0 Å². The molecule has 43 heavy (non-hydrogen) atoms. The van der Waals surface area contributed by atoms with Crippen LogP contribution in [-0.4, -0.2) is 59.0 Å². The number of nitrogens with one attached hydrogen (secondary N) is 1. The van der Waals surface area contributed by atoms with Crippen LogP contribution in [0.25, 0.3) is 0 Å². The molecular formula is C33H35N3O6S. The van der Waals surface area contributed by atoms with Crippen LogP contribution in [0.4, 0.5) is 5.69 Å². The third-order valence-electron chi connectivity index (χ3n) is 6.99. The van der Waals surface area contributed by atoms with Crippen molar-refractivity contribution in [3.05, 3.63) is 120 Å². The van der Waals surface area contributed by atoms with Crippen molar-refractivity contribution in [3.63, 3.8) is 0 Å². The molecule has 0 saturated heterocycles. The second kappa shape index (κ2) is 14.4. The number of para-hydroxylation sites is 2. The number of nitrogens with zero attached hydrogens (tertiary/aromatic N) is 2. The molecule has 1 atom stereocenters. The number of likely N-dealkylation sites (N-methyl/N-ethyl adjacent to an activating group) is 1. The highest BCUT2D eigenvalue weighted by molar-refractivity contribution is 7.92. The topological polar surface area (TPSA) is 105 Å². The molecule has 0 aromatic heterocycles. The molecular weight excluding hydrogens is 566 g/mol. The Hall–Kier alpha value is -4.83. The zero-order valence-corrected chi connectivity index (χ0v) is 25.2. The number of anilines is 1. The number of methoxy groups -OCH3 is 2. The lowest BCUT2D eigenvalue weighted by Crippen LogP contribution is -2.53. The van der Waals surface area contributed by atoms with Crippen molar-refractivity contribution in [2.45, 2.75) is 23.9 Å². The van der Waals surface area contributed by atoms with E-state index in [1.165, 1.54) is 50.4 Å². The predicted molar refractivity (Wildman–Crippen MR) is 166 cm³/mol. The largest absolute Gasteiger partial charge is 0.497 e. The molecule has 4 rings (SSSR count). The number of amides is 2. The molecule has 0 radical (unpaired) electrons. The molecule has 0 saturated carbocycles. The zero-order valence-electron chi connectivity index (χ0n) is 24.3. The van der Waals surface area contributed by atoms with Gasteiger partial charge < -0.3 is 19.7 Å². The van der Waals surface area contributed by atoms with Crippen LogP contribution in [0.15, 0.2) is 114 Å². The molecule has 0 aliphatic carbocycles. The van der Waals surface area contributed by atoms with Gasteiger partial charge in [-0.3, -0.25) is 13.9 Å². The van der Waals surface area contributed by atoms with Crippen molar-refractivity contribution in [2.24, 2.45) is 0 Å². The number of hydrogen-bond acceptors (Lipinski definition) is 6. The molecule has 4 aromatic carbocycles. The second-order valence-electron chi connectivity index (χ2n) is 9.69. The minimum atomic E-state index is -4.27. The smallest absolute Gasteiger partial charge is 0.264 e. The standard InChI is InChI=1S/C33H35N3O6S/c1-34-33(38)30(22-25-12-6-4-7-13-25)35(23-26-14-8-5-9-15-26)32(37)24-36(29-16-10-11-17-31(29)42-3)43(39,40)28-20-18-27(41-2)19-21-28/h4-21,30H,22-24H2,1-3H3,(H,34,38). The van der Waals surface area contributed by atoms with Crippen molar-refractivity contribution >= 4 is 27.5 Å². The average Bonchev–Trinajstić information content (AvgIpc) is 3.05. The summed E-state index contributed by atoms with van der Waals surface area (Å²) >= 11 is 0. The van der Waals surface area contributed by atoms with E-state index in [2.05, 4.69) is 5.32 Å².